The molecule has 1 aromatic carbocycles. The fraction of sp³-hybridized carbons (Fsp3) is 0.200. The second kappa shape index (κ2) is 5.14. The van der Waals surface area contributed by atoms with Crippen LogP contribution in [0, 0.1) is 10.1 Å². The minimum absolute atomic E-state index is 0.0366. The van der Waals surface area contributed by atoms with Gasteiger partial charge in [-0.15, -0.1) is 5.10 Å². The van der Waals surface area contributed by atoms with Gasteiger partial charge in [0.15, 0.2) is 5.16 Å². The highest BCUT2D eigenvalue weighted by Crippen LogP contribution is 2.37. The largest absolute Gasteiger partial charge is 0.383 e. The molecule has 0 amide bonds. The molecular formula is C10H11N5O3S. The van der Waals surface area contributed by atoms with Crippen LogP contribution in [-0.4, -0.2) is 26.7 Å². The quantitative estimate of drug-likeness (QED) is 0.644. The lowest BCUT2D eigenvalue weighted by atomic mass is 10.3. The molecule has 0 atom stereocenters. The van der Waals surface area contributed by atoms with Gasteiger partial charge in [0.2, 0.25) is 0 Å². The molecule has 0 bridgehead atoms. The fourth-order valence-electron chi connectivity index (χ4n) is 1.52. The molecular weight excluding hydrogens is 270 g/mol. The van der Waals surface area contributed by atoms with Crippen molar-refractivity contribution < 1.29 is 4.92 Å². The summed E-state index contributed by atoms with van der Waals surface area (Å²) >= 11 is 1.06. The molecule has 0 aliphatic carbocycles. The first-order valence-electron chi connectivity index (χ1n) is 5.29. The van der Waals surface area contributed by atoms with Crippen molar-refractivity contribution in [3.8, 4) is 0 Å². The molecule has 2 rings (SSSR count). The molecule has 1 aromatic heterocycles. The van der Waals surface area contributed by atoms with E-state index in [1.807, 2.05) is 0 Å². The van der Waals surface area contributed by atoms with Crippen molar-refractivity contribution in [3.63, 3.8) is 0 Å². The van der Waals surface area contributed by atoms with Crippen LogP contribution in [0.25, 0.3) is 0 Å². The van der Waals surface area contributed by atoms with E-state index in [-0.39, 0.29) is 11.4 Å². The Kier molecular flexibility index (Phi) is 3.56. The Bertz CT molecular complexity index is 678. The van der Waals surface area contributed by atoms with E-state index in [0.29, 0.717) is 15.7 Å². The monoisotopic (exact) mass is 281 g/mol. The molecule has 0 unspecified atom stereocenters. The van der Waals surface area contributed by atoms with E-state index in [1.54, 1.807) is 32.3 Å². The number of aromatic nitrogens is 3. The maximum absolute atomic E-state index is 11.3. The first kappa shape index (κ1) is 13.1. The van der Waals surface area contributed by atoms with E-state index in [0.717, 1.165) is 11.8 Å². The second-order valence-corrected chi connectivity index (χ2v) is 4.64. The zero-order chi connectivity index (χ0) is 14.0. The van der Waals surface area contributed by atoms with Crippen molar-refractivity contribution in [2.75, 3.05) is 12.4 Å². The second-order valence-electron chi connectivity index (χ2n) is 3.63. The van der Waals surface area contributed by atoms with Gasteiger partial charge in [0.1, 0.15) is 5.69 Å². The van der Waals surface area contributed by atoms with Gasteiger partial charge in [0.25, 0.3) is 0 Å². The minimum atomic E-state index is -0.459. The zero-order valence-corrected chi connectivity index (χ0v) is 11.0. The summed E-state index contributed by atoms with van der Waals surface area (Å²) in [6.07, 6.45) is 0. The molecule has 0 aliphatic heterocycles. The van der Waals surface area contributed by atoms with Crippen LogP contribution >= 0.6 is 11.8 Å². The first-order chi connectivity index (χ1) is 9.04. The third-order valence-corrected chi connectivity index (χ3v) is 3.59. The number of rotatable bonds is 4. The van der Waals surface area contributed by atoms with Gasteiger partial charge < -0.3 is 5.32 Å². The number of H-pyrrole nitrogens is 1. The van der Waals surface area contributed by atoms with Crippen molar-refractivity contribution >= 4 is 23.1 Å². The first-order valence-corrected chi connectivity index (χ1v) is 6.10. The van der Waals surface area contributed by atoms with Crippen molar-refractivity contribution in [1.29, 1.82) is 0 Å². The summed E-state index contributed by atoms with van der Waals surface area (Å²) in [5, 5.41) is 20.4. The number of hydrogen-bond acceptors (Lipinski definition) is 6. The summed E-state index contributed by atoms with van der Waals surface area (Å²) in [6, 6.07) is 4.93. The van der Waals surface area contributed by atoms with Gasteiger partial charge in [-0.3, -0.25) is 14.7 Å². The summed E-state index contributed by atoms with van der Waals surface area (Å²) in [7, 11) is 3.16. The van der Waals surface area contributed by atoms with Gasteiger partial charge in [-0.25, -0.2) is 9.89 Å². The molecule has 9 heteroatoms. The summed E-state index contributed by atoms with van der Waals surface area (Å²) in [5.74, 6) is 0. The van der Waals surface area contributed by atoms with E-state index in [4.69, 9.17) is 0 Å². The number of nitrogens with zero attached hydrogens (tertiary/aromatic N) is 3. The zero-order valence-electron chi connectivity index (χ0n) is 10.2. The van der Waals surface area contributed by atoms with Crippen LogP contribution in [0.3, 0.4) is 0 Å². The smallest absolute Gasteiger partial charge is 0.343 e. The Morgan fingerprint density at radius 2 is 2.26 bits per heavy atom. The molecule has 0 fully saturated rings. The number of aromatic amines is 1. The Morgan fingerprint density at radius 1 is 1.53 bits per heavy atom. The molecule has 0 spiro atoms. The molecule has 8 nitrogen and oxygen atoms in total. The molecule has 2 N–H and O–H groups in total. The lowest BCUT2D eigenvalue weighted by Crippen LogP contribution is -2.12. The number of benzene rings is 1. The van der Waals surface area contributed by atoms with Crippen LogP contribution in [0.1, 0.15) is 0 Å². The number of para-hydroxylation sites is 1. The average molecular weight is 281 g/mol. The molecule has 0 saturated heterocycles. The van der Waals surface area contributed by atoms with Crippen LogP contribution in [0.5, 0.6) is 0 Å². The third-order valence-electron chi connectivity index (χ3n) is 2.49. The van der Waals surface area contributed by atoms with Crippen LogP contribution in [0.4, 0.5) is 11.4 Å². The fourth-order valence-corrected chi connectivity index (χ4v) is 2.45. The average Bonchev–Trinajstić information content (AvgIpc) is 2.70. The minimum Gasteiger partial charge on any atom is -0.383 e. The normalized spacial score (nSPS) is 10.4. The number of anilines is 1. The topological polar surface area (TPSA) is 106 Å². The standard InChI is InChI=1S/C10H11N5O3S/c1-11-6-4-3-5-7(8(6)15(17)18)19-10-13-12-9(16)14(10)2/h3-5,11H,1-2H3,(H,12,16). The van der Waals surface area contributed by atoms with E-state index >= 15 is 0 Å². The molecule has 0 saturated carbocycles. The predicted molar refractivity (Wildman–Crippen MR) is 70.6 cm³/mol. The molecule has 19 heavy (non-hydrogen) atoms. The van der Waals surface area contributed by atoms with Gasteiger partial charge in [-0.2, -0.15) is 0 Å². The Labute approximate surface area is 112 Å². The van der Waals surface area contributed by atoms with Crippen LogP contribution in [0.2, 0.25) is 0 Å². The summed E-state index contributed by atoms with van der Waals surface area (Å²) in [5.41, 5.74) is 0.0101. The Hall–Kier alpha value is -2.29. The molecule has 0 radical (unpaired) electrons. The van der Waals surface area contributed by atoms with Crippen molar-refractivity contribution in [2.24, 2.45) is 7.05 Å². The summed E-state index contributed by atoms with van der Waals surface area (Å²) in [4.78, 5) is 22.4. The molecule has 100 valence electrons. The van der Waals surface area contributed by atoms with Gasteiger partial charge >= 0.3 is 11.4 Å². The molecule has 0 aliphatic rings. The number of nitrogens with one attached hydrogen (secondary N) is 2. The summed E-state index contributed by atoms with van der Waals surface area (Å²) in [6.45, 7) is 0. The van der Waals surface area contributed by atoms with E-state index in [1.165, 1.54) is 4.57 Å². The SMILES string of the molecule is CNc1cccc(Sc2n[nH]c(=O)n2C)c1[N+](=O)[O-]. The van der Waals surface area contributed by atoms with E-state index in [2.05, 4.69) is 15.5 Å². The van der Waals surface area contributed by atoms with Crippen LogP contribution < -0.4 is 11.0 Å². The van der Waals surface area contributed by atoms with E-state index < -0.39 is 4.92 Å². The maximum Gasteiger partial charge on any atom is 0.343 e. The van der Waals surface area contributed by atoms with Crippen molar-refractivity contribution in [3.05, 3.63) is 38.8 Å². The van der Waals surface area contributed by atoms with Gasteiger partial charge in [-0.1, -0.05) is 6.07 Å². The van der Waals surface area contributed by atoms with Crippen LogP contribution in [0.15, 0.2) is 33.0 Å². The predicted octanol–water partition coefficient (Wildman–Crippen LogP) is 1.21. The van der Waals surface area contributed by atoms with Gasteiger partial charge in [0, 0.05) is 14.1 Å². The Morgan fingerprint density at radius 3 is 2.79 bits per heavy atom. The molecule has 2 aromatic rings. The van der Waals surface area contributed by atoms with Gasteiger partial charge in [0.05, 0.1) is 9.82 Å². The van der Waals surface area contributed by atoms with Gasteiger partial charge in [-0.05, 0) is 23.9 Å². The highest BCUT2D eigenvalue weighted by atomic mass is 32.2. The highest BCUT2D eigenvalue weighted by molar-refractivity contribution is 7.99. The number of hydrogen-bond donors (Lipinski definition) is 2. The van der Waals surface area contributed by atoms with Crippen molar-refractivity contribution in [1.82, 2.24) is 14.8 Å². The summed E-state index contributed by atoms with van der Waals surface area (Å²) < 4.78 is 1.29. The lowest BCUT2D eigenvalue weighted by Gasteiger charge is -2.06. The van der Waals surface area contributed by atoms with Crippen molar-refractivity contribution in [2.45, 2.75) is 10.1 Å². The van der Waals surface area contributed by atoms with Crippen LogP contribution in [-0.2, 0) is 7.05 Å². The maximum atomic E-state index is 11.3. The molecule has 1 heterocycles. The lowest BCUT2D eigenvalue weighted by molar-refractivity contribution is -0.386. The third kappa shape index (κ3) is 2.45. The Balaban J connectivity index is 2.48. The number of nitro groups is 1. The highest BCUT2D eigenvalue weighted by Gasteiger charge is 2.21. The number of nitro benzene ring substituents is 1. The van der Waals surface area contributed by atoms with E-state index in [9.17, 15) is 14.9 Å².